The summed E-state index contributed by atoms with van der Waals surface area (Å²) in [5.74, 6) is 0.569. The van der Waals surface area contributed by atoms with Gasteiger partial charge < -0.3 is 5.32 Å². The van der Waals surface area contributed by atoms with Crippen molar-refractivity contribution in [2.24, 2.45) is 0 Å². The summed E-state index contributed by atoms with van der Waals surface area (Å²) in [6.45, 7) is 9.83. The van der Waals surface area contributed by atoms with Crippen molar-refractivity contribution in [3.8, 4) is 11.4 Å². The van der Waals surface area contributed by atoms with Gasteiger partial charge in [0.05, 0.1) is 0 Å². The molecule has 2 aromatic carbocycles. The number of aromatic nitrogens is 3. The lowest BCUT2D eigenvalue weighted by molar-refractivity contribution is -0.121. The third kappa shape index (κ3) is 5.43. The van der Waals surface area contributed by atoms with Crippen LogP contribution in [0.25, 0.3) is 11.4 Å². The van der Waals surface area contributed by atoms with Gasteiger partial charge >= 0.3 is 0 Å². The molecule has 0 aliphatic heterocycles. The molecule has 0 aliphatic rings. The van der Waals surface area contributed by atoms with Gasteiger partial charge in [-0.3, -0.25) is 19.4 Å². The third-order valence-corrected chi connectivity index (χ3v) is 5.53. The summed E-state index contributed by atoms with van der Waals surface area (Å²) in [4.78, 5) is 15.1. The average Bonchev–Trinajstić information content (AvgIpc) is 3.11. The van der Waals surface area contributed by atoms with E-state index in [-0.39, 0.29) is 12.5 Å². The van der Waals surface area contributed by atoms with E-state index in [1.165, 1.54) is 5.56 Å². The highest BCUT2D eigenvalue weighted by molar-refractivity contribution is 7.71. The van der Waals surface area contributed by atoms with Gasteiger partial charge in [0.2, 0.25) is 5.91 Å². The number of carbonyl (C=O) groups is 1. The molecule has 30 heavy (non-hydrogen) atoms. The summed E-state index contributed by atoms with van der Waals surface area (Å²) < 4.78 is 2.17. The van der Waals surface area contributed by atoms with Crippen molar-refractivity contribution < 1.29 is 4.79 Å². The van der Waals surface area contributed by atoms with E-state index in [1.54, 1.807) is 4.57 Å². The first-order chi connectivity index (χ1) is 14.5. The van der Waals surface area contributed by atoms with Crippen LogP contribution in [0.3, 0.4) is 0 Å². The minimum absolute atomic E-state index is 0.0981. The van der Waals surface area contributed by atoms with Crippen LogP contribution in [-0.2, 0) is 24.4 Å². The quantitative estimate of drug-likeness (QED) is 0.509. The van der Waals surface area contributed by atoms with Crippen LogP contribution in [0.5, 0.6) is 0 Å². The maximum absolute atomic E-state index is 12.7. The minimum Gasteiger partial charge on any atom is -0.350 e. The first-order valence-corrected chi connectivity index (χ1v) is 10.7. The van der Waals surface area contributed by atoms with E-state index in [2.05, 4.69) is 46.4 Å². The van der Waals surface area contributed by atoms with Crippen LogP contribution < -0.4 is 5.32 Å². The highest BCUT2D eigenvalue weighted by Gasteiger charge is 2.13. The van der Waals surface area contributed by atoms with Gasteiger partial charge in [-0.15, -0.1) is 0 Å². The Morgan fingerprint density at radius 2 is 1.87 bits per heavy atom. The van der Waals surface area contributed by atoms with Crippen LogP contribution in [0.15, 0.2) is 48.5 Å². The number of rotatable bonds is 9. The molecule has 3 aromatic rings. The summed E-state index contributed by atoms with van der Waals surface area (Å²) >= 11 is 5.36. The van der Waals surface area contributed by atoms with Crippen LogP contribution >= 0.6 is 12.2 Å². The van der Waals surface area contributed by atoms with E-state index in [0.29, 0.717) is 17.1 Å². The highest BCUT2D eigenvalue weighted by atomic mass is 32.1. The molecule has 1 heterocycles. The topological polar surface area (TPSA) is 66.0 Å². The molecule has 0 atom stereocenters. The molecule has 1 aromatic heterocycles. The van der Waals surface area contributed by atoms with E-state index in [4.69, 9.17) is 12.2 Å². The van der Waals surface area contributed by atoms with Gasteiger partial charge in [-0.1, -0.05) is 61.9 Å². The maximum Gasteiger partial charge on any atom is 0.240 e. The molecule has 0 radical (unpaired) electrons. The van der Waals surface area contributed by atoms with Crippen LogP contribution in [-0.4, -0.2) is 38.7 Å². The molecule has 1 amide bonds. The van der Waals surface area contributed by atoms with Gasteiger partial charge in [0, 0.05) is 18.7 Å². The summed E-state index contributed by atoms with van der Waals surface area (Å²) in [5.41, 5.74) is 4.43. The summed E-state index contributed by atoms with van der Waals surface area (Å²) in [7, 11) is 0. The SMILES string of the molecule is CCN(CC)Cc1ccccc1CNC(=O)Cn1c(-c2cccc(C)c2)n[nH]c1=S. The van der Waals surface area contributed by atoms with Crippen molar-refractivity contribution in [2.45, 2.75) is 40.4 Å². The summed E-state index contributed by atoms with van der Waals surface area (Å²) in [6, 6.07) is 16.2. The van der Waals surface area contributed by atoms with Crippen molar-refractivity contribution in [3.05, 3.63) is 70.0 Å². The Morgan fingerprint density at radius 1 is 1.13 bits per heavy atom. The first kappa shape index (κ1) is 21.9. The summed E-state index contributed by atoms with van der Waals surface area (Å²) in [5, 5.41) is 10.2. The molecule has 0 fully saturated rings. The second kappa shape index (κ2) is 10.3. The second-order valence-corrected chi connectivity index (χ2v) is 7.70. The van der Waals surface area contributed by atoms with Gasteiger partial charge in [-0.05, 0) is 49.4 Å². The predicted molar refractivity (Wildman–Crippen MR) is 122 cm³/mol. The molecular weight excluding hydrogens is 394 g/mol. The number of hydrogen-bond donors (Lipinski definition) is 2. The molecule has 158 valence electrons. The number of nitrogens with zero attached hydrogens (tertiary/aromatic N) is 3. The Bertz CT molecular complexity index is 1050. The molecule has 0 spiro atoms. The van der Waals surface area contributed by atoms with Crippen molar-refractivity contribution in [3.63, 3.8) is 0 Å². The number of H-pyrrole nitrogens is 1. The molecule has 0 saturated carbocycles. The van der Waals surface area contributed by atoms with Crippen molar-refractivity contribution >= 4 is 18.1 Å². The first-order valence-electron chi connectivity index (χ1n) is 10.3. The van der Waals surface area contributed by atoms with Crippen LogP contribution in [0, 0.1) is 11.7 Å². The number of aromatic amines is 1. The highest BCUT2D eigenvalue weighted by Crippen LogP contribution is 2.18. The van der Waals surface area contributed by atoms with Gasteiger partial charge in [-0.25, -0.2) is 0 Å². The Hall–Kier alpha value is -2.77. The zero-order chi connectivity index (χ0) is 21.5. The molecule has 0 saturated heterocycles. The third-order valence-electron chi connectivity index (χ3n) is 5.22. The Balaban J connectivity index is 1.70. The molecule has 3 rings (SSSR count). The predicted octanol–water partition coefficient (Wildman–Crippen LogP) is 4.07. The zero-order valence-corrected chi connectivity index (χ0v) is 18.6. The van der Waals surface area contributed by atoms with E-state index >= 15 is 0 Å². The normalized spacial score (nSPS) is 11.1. The van der Waals surface area contributed by atoms with Crippen molar-refractivity contribution in [2.75, 3.05) is 13.1 Å². The molecule has 2 N–H and O–H groups in total. The van der Waals surface area contributed by atoms with Gasteiger partial charge in [0.15, 0.2) is 10.6 Å². The maximum atomic E-state index is 12.7. The van der Waals surface area contributed by atoms with Gasteiger partial charge in [0.25, 0.3) is 0 Å². The second-order valence-electron chi connectivity index (χ2n) is 7.31. The molecule has 6 nitrogen and oxygen atoms in total. The van der Waals surface area contributed by atoms with Crippen molar-refractivity contribution in [1.29, 1.82) is 0 Å². The summed E-state index contributed by atoms with van der Waals surface area (Å²) in [6.07, 6.45) is 0. The lowest BCUT2D eigenvalue weighted by Gasteiger charge is -2.20. The Labute approximate surface area is 182 Å². The molecule has 0 unspecified atom stereocenters. The average molecular weight is 424 g/mol. The van der Waals surface area contributed by atoms with E-state index in [0.717, 1.165) is 36.3 Å². The number of aryl methyl sites for hydroxylation is 1. The Morgan fingerprint density at radius 3 is 2.57 bits per heavy atom. The van der Waals surface area contributed by atoms with Crippen LogP contribution in [0.1, 0.15) is 30.5 Å². The van der Waals surface area contributed by atoms with Gasteiger partial charge in [-0.2, -0.15) is 5.10 Å². The number of hydrogen-bond acceptors (Lipinski definition) is 4. The number of benzene rings is 2. The van der Waals surface area contributed by atoms with Crippen LogP contribution in [0.2, 0.25) is 0 Å². The lowest BCUT2D eigenvalue weighted by Crippen LogP contribution is -2.29. The van der Waals surface area contributed by atoms with E-state index < -0.39 is 0 Å². The lowest BCUT2D eigenvalue weighted by atomic mass is 10.1. The Kier molecular flexibility index (Phi) is 7.54. The fraction of sp³-hybridized carbons (Fsp3) is 0.348. The molecule has 7 heteroatoms. The van der Waals surface area contributed by atoms with Crippen LogP contribution in [0.4, 0.5) is 0 Å². The largest absolute Gasteiger partial charge is 0.350 e. The number of amides is 1. The number of nitrogens with one attached hydrogen (secondary N) is 2. The molecule has 0 aliphatic carbocycles. The van der Waals surface area contributed by atoms with Gasteiger partial charge in [0.1, 0.15) is 6.54 Å². The zero-order valence-electron chi connectivity index (χ0n) is 17.8. The monoisotopic (exact) mass is 423 g/mol. The van der Waals surface area contributed by atoms with E-state index in [9.17, 15) is 4.79 Å². The minimum atomic E-state index is -0.0981. The molecular formula is C23H29N5OS. The standard InChI is InChI=1S/C23H29N5OS/c1-4-27(5-2)15-20-11-7-6-10-19(20)14-24-21(29)16-28-22(25-26-23(28)30)18-12-8-9-17(3)13-18/h6-13H,4-5,14-16H2,1-3H3,(H,24,29)(H,26,30). The smallest absolute Gasteiger partial charge is 0.240 e. The fourth-order valence-electron chi connectivity index (χ4n) is 3.43. The number of carbonyl (C=O) groups excluding carboxylic acids is 1. The molecule has 0 bridgehead atoms. The van der Waals surface area contributed by atoms with E-state index in [1.807, 2.05) is 43.3 Å². The fourth-order valence-corrected chi connectivity index (χ4v) is 3.63. The van der Waals surface area contributed by atoms with Crippen molar-refractivity contribution in [1.82, 2.24) is 25.0 Å².